The van der Waals surface area contributed by atoms with Gasteiger partial charge < -0.3 is 36.7 Å². The summed E-state index contributed by atoms with van der Waals surface area (Å²) < 4.78 is 11.9. The molecule has 25 heavy (non-hydrogen) atoms. The molecule has 0 aliphatic carbocycles. The van der Waals surface area contributed by atoms with Crippen LogP contribution in [0.15, 0.2) is 12.1 Å². The van der Waals surface area contributed by atoms with Crippen LogP contribution in [-0.2, 0) is 28.0 Å². The molecule has 0 spiro atoms. The molecule has 3 atom stereocenters. The van der Waals surface area contributed by atoms with Crippen molar-refractivity contribution in [1.82, 2.24) is 5.32 Å². The molecule has 1 aromatic carbocycles. The summed E-state index contributed by atoms with van der Waals surface area (Å²) in [6.07, 6.45) is -0.0816. The van der Waals surface area contributed by atoms with E-state index in [2.05, 4.69) is 44.9 Å². The van der Waals surface area contributed by atoms with Gasteiger partial charge >= 0.3 is 6.09 Å². The van der Waals surface area contributed by atoms with Gasteiger partial charge in [-0.3, -0.25) is 12.1 Å². The van der Waals surface area contributed by atoms with E-state index in [0.29, 0.717) is 12.6 Å². The van der Waals surface area contributed by atoms with Crippen LogP contribution in [0.3, 0.4) is 0 Å². The maximum atomic E-state index is 11.9. The van der Waals surface area contributed by atoms with E-state index in [1.807, 2.05) is 12.1 Å². The van der Waals surface area contributed by atoms with Gasteiger partial charge in [-0.1, -0.05) is 22.6 Å². The van der Waals surface area contributed by atoms with Gasteiger partial charge in [0.05, 0.1) is 18.8 Å². The van der Waals surface area contributed by atoms with Gasteiger partial charge in [-0.05, 0) is 0 Å². The van der Waals surface area contributed by atoms with Gasteiger partial charge in [-0.15, -0.1) is 0 Å². The number of nitrogens with one attached hydrogen (secondary N) is 1. The number of carbonyl (C=O) groups is 1. The van der Waals surface area contributed by atoms with Crippen LogP contribution in [0, 0.1) is 43.2 Å². The van der Waals surface area contributed by atoms with E-state index in [1.54, 1.807) is 4.90 Å². The molecular weight excluding hydrogens is 698 g/mol. The molecule has 0 bridgehead atoms. The molecule has 6 nitrogen and oxygen atoms in total. The summed E-state index contributed by atoms with van der Waals surface area (Å²) in [5.41, 5.74) is 1.71. The van der Waals surface area contributed by atoms with Crippen LogP contribution in [0.5, 0.6) is 0 Å². The number of halogens is 1. The molecule has 133 valence electrons. The van der Waals surface area contributed by atoms with Crippen molar-refractivity contribution in [3.8, 4) is 0 Å². The fourth-order valence-electron chi connectivity index (χ4n) is 3.30. The average molecular weight is 716 g/mol. The molecular formula is C16H18IN3O3UV-2. The summed E-state index contributed by atoms with van der Waals surface area (Å²) in [5.74, 6) is 0. The summed E-state index contributed by atoms with van der Waals surface area (Å²) in [5, 5.41) is 3.49. The molecule has 1 N–H and O–H groups in total. The first kappa shape index (κ1) is 21.9. The number of alkyl halides is 1. The molecule has 3 saturated heterocycles. The van der Waals surface area contributed by atoms with Crippen molar-refractivity contribution in [3.63, 3.8) is 0 Å². The van der Waals surface area contributed by atoms with Crippen LogP contribution in [-0.4, -0.2) is 61.6 Å². The van der Waals surface area contributed by atoms with Gasteiger partial charge in [0.2, 0.25) is 0 Å². The molecule has 3 fully saturated rings. The van der Waals surface area contributed by atoms with Crippen molar-refractivity contribution in [2.24, 2.45) is 0 Å². The fourth-order valence-corrected chi connectivity index (χ4v) is 3.75. The van der Waals surface area contributed by atoms with Crippen molar-refractivity contribution in [1.29, 1.82) is 0 Å². The van der Waals surface area contributed by atoms with E-state index in [9.17, 15) is 4.79 Å². The third-order valence-electron chi connectivity index (χ3n) is 4.49. The Morgan fingerprint density at radius 2 is 2.04 bits per heavy atom. The number of hydrogen-bond acceptors (Lipinski definition) is 5. The van der Waals surface area contributed by atoms with Gasteiger partial charge in [-0.2, -0.15) is 5.69 Å². The minimum atomic E-state index is -0.286. The number of amides is 1. The summed E-state index contributed by atoms with van der Waals surface area (Å²) in [7, 11) is 0. The molecule has 3 aliphatic heterocycles. The van der Waals surface area contributed by atoms with Crippen LogP contribution in [0.25, 0.3) is 0 Å². The van der Waals surface area contributed by atoms with Gasteiger partial charge in [0.1, 0.15) is 6.10 Å². The van der Waals surface area contributed by atoms with Crippen molar-refractivity contribution in [2.75, 3.05) is 47.0 Å². The van der Waals surface area contributed by atoms with Gasteiger partial charge in [0.25, 0.3) is 0 Å². The Morgan fingerprint density at radius 3 is 2.68 bits per heavy atom. The van der Waals surface area contributed by atoms with Gasteiger partial charge in [0.15, 0.2) is 0 Å². The maximum Gasteiger partial charge on any atom is 0.393 e. The molecule has 1 aromatic rings. The quantitative estimate of drug-likeness (QED) is 0.290. The molecule has 9 heteroatoms. The minimum Gasteiger partial charge on any atom is -0.445 e. The standard InChI is InChI=1S/C16H18IN3O3.U.V/c17-7-13-8-20(16(21)23-13)12-3-1-11(2-4-12)19-9-14-15(10-19)22-6-5-18-14;;/h3-4,13-15,18H,5-10H2;;/q-2;;. The Bertz CT molecular complexity index is 580. The minimum absolute atomic E-state index is 0. The SMILES string of the molecule is O=C1OC(CI)CN1c1c[c-]c(N2CC3NCCOC3C2)[c-]c1.[U].[V]. The Balaban J connectivity index is 0.00000113. The number of benzene rings is 1. The zero-order valence-electron chi connectivity index (χ0n) is 13.6. The molecule has 3 unspecified atom stereocenters. The Labute approximate surface area is 197 Å². The largest absolute Gasteiger partial charge is 0.445 e. The predicted molar refractivity (Wildman–Crippen MR) is 94.4 cm³/mol. The second kappa shape index (κ2) is 9.67. The van der Waals surface area contributed by atoms with Crippen molar-refractivity contribution in [3.05, 3.63) is 24.3 Å². The normalized spacial score (nSPS) is 28.0. The number of fused-ring (bicyclic) bond motifs is 1. The summed E-state index contributed by atoms with van der Waals surface area (Å²) in [4.78, 5) is 15.8. The van der Waals surface area contributed by atoms with Crippen molar-refractivity contribution >= 4 is 40.1 Å². The summed E-state index contributed by atoms with van der Waals surface area (Å²) in [6, 6.07) is 10.6. The van der Waals surface area contributed by atoms with Crippen LogP contribution >= 0.6 is 22.6 Å². The molecule has 4 rings (SSSR count). The first-order valence-electron chi connectivity index (χ1n) is 7.82. The summed E-state index contributed by atoms with van der Waals surface area (Å²) in [6.45, 7) is 4.04. The third-order valence-corrected chi connectivity index (χ3v) is 5.48. The van der Waals surface area contributed by atoms with Crippen LogP contribution in [0.1, 0.15) is 0 Å². The van der Waals surface area contributed by atoms with Gasteiger partial charge in [-0.25, -0.2) is 10.5 Å². The number of cyclic esters (lactones) is 1. The smallest absolute Gasteiger partial charge is 0.393 e. The number of ether oxygens (including phenoxy) is 2. The van der Waals surface area contributed by atoms with Crippen molar-refractivity contribution < 1.29 is 63.9 Å². The number of morpholine rings is 1. The van der Waals surface area contributed by atoms with E-state index in [0.717, 1.165) is 42.0 Å². The molecule has 3 aliphatic rings. The van der Waals surface area contributed by atoms with E-state index in [1.165, 1.54) is 0 Å². The third kappa shape index (κ3) is 4.71. The van der Waals surface area contributed by atoms with Crippen molar-refractivity contribution in [2.45, 2.75) is 18.2 Å². The topological polar surface area (TPSA) is 54.0 Å². The van der Waals surface area contributed by atoms with E-state index >= 15 is 0 Å². The van der Waals surface area contributed by atoms with Crippen LogP contribution < -0.4 is 15.1 Å². The fraction of sp³-hybridized carbons (Fsp3) is 0.562. The molecule has 0 aromatic heterocycles. The monoisotopic (exact) mass is 716 g/mol. The maximum absolute atomic E-state index is 11.9. The zero-order valence-corrected chi connectivity index (χ0v) is 21.3. The Kier molecular flexibility index (Phi) is 8.46. The molecule has 0 saturated carbocycles. The number of nitrogens with zero attached hydrogens (tertiary/aromatic N) is 2. The summed E-state index contributed by atoms with van der Waals surface area (Å²) >= 11 is 2.23. The van der Waals surface area contributed by atoms with E-state index in [-0.39, 0.29) is 68.0 Å². The van der Waals surface area contributed by atoms with Gasteiger partial charge in [0, 0.05) is 80.3 Å². The molecule has 1 radical (unpaired) electrons. The predicted octanol–water partition coefficient (Wildman–Crippen LogP) is 1.22. The Morgan fingerprint density at radius 1 is 1.28 bits per heavy atom. The number of rotatable bonds is 3. The second-order valence-corrected chi connectivity index (χ2v) is 6.88. The van der Waals surface area contributed by atoms with E-state index in [4.69, 9.17) is 9.47 Å². The van der Waals surface area contributed by atoms with E-state index < -0.39 is 0 Å². The number of carbonyl (C=O) groups excluding carboxylic acids is 1. The van der Waals surface area contributed by atoms with Crippen LogP contribution in [0.2, 0.25) is 0 Å². The Hall–Kier alpha value is 0.576. The average Bonchev–Trinajstić information content (AvgIpc) is 3.18. The first-order valence-corrected chi connectivity index (χ1v) is 9.34. The number of anilines is 2. The van der Waals surface area contributed by atoms with Crippen LogP contribution in [0.4, 0.5) is 16.2 Å². The molecule has 1 amide bonds. The molecule has 3 heterocycles. The zero-order chi connectivity index (χ0) is 15.8. The first-order chi connectivity index (χ1) is 11.2. The number of hydrogen-bond donors (Lipinski definition) is 1. The second-order valence-electron chi connectivity index (χ2n) is 6.00.